The summed E-state index contributed by atoms with van der Waals surface area (Å²) < 4.78 is 35.2. The lowest BCUT2D eigenvalue weighted by molar-refractivity contribution is -0.149. The Hall–Kier alpha value is -3.17. The third-order valence-electron chi connectivity index (χ3n) is 5.44. The van der Waals surface area contributed by atoms with Gasteiger partial charge in [-0.15, -0.1) is 0 Å². The van der Waals surface area contributed by atoms with E-state index < -0.39 is 18.2 Å². The number of hydrogen-bond donors (Lipinski definition) is 1. The summed E-state index contributed by atoms with van der Waals surface area (Å²) in [6, 6.07) is 13.2. The van der Waals surface area contributed by atoms with Gasteiger partial charge >= 0.3 is 12.1 Å². The van der Waals surface area contributed by atoms with Gasteiger partial charge in [0, 0.05) is 19.6 Å². The van der Waals surface area contributed by atoms with E-state index in [1.54, 1.807) is 43.3 Å². The zero-order valence-electron chi connectivity index (χ0n) is 21.2. The Bertz CT molecular complexity index is 921. The fourth-order valence-corrected chi connectivity index (χ4v) is 3.20. The van der Waals surface area contributed by atoms with Crippen LogP contribution in [0.4, 0.5) is 9.18 Å². The van der Waals surface area contributed by atoms with Gasteiger partial charge in [-0.05, 0) is 55.7 Å². The number of aliphatic carboxylic acids is 1. The van der Waals surface area contributed by atoms with Crippen molar-refractivity contribution in [1.82, 2.24) is 4.90 Å². The highest BCUT2D eigenvalue weighted by molar-refractivity contribution is 5.72. The smallest absolute Gasteiger partial charge is 0.410 e. The molecule has 2 atom stereocenters. The molecule has 2 aromatic carbocycles. The Kier molecular flexibility index (Phi) is 12.7. The summed E-state index contributed by atoms with van der Waals surface area (Å²) in [6.45, 7) is 7.29. The highest BCUT2D eigenvalue weighted by atomic mass is 19.1. The van der Waals surface area contributed by atoms with Gasteiger partial charge in [0.15, 0.2) is 6.10 Å². The van der Waals surface area contributed by atoms with Gasteiger partial charge in [0.25, 0.3) is 0 Å². The minimum absolute atomic E-state index is 0.208. The first kappa shape index (κ1) is 29.1. The summed E-state index contributed by atoms with van der Waals surface area (Å²) in [5, 5.41) is 9.23. The molecule has 0 bridgehead atoms. The molecule has 0 radical (unpaired) electrons. The van der Waals surface area contributed by atoms with Gasteiger partial charge in [0.2, 0.25) is 0 Å². The lowest BCUT2D eigenvalue weighted by atomic mass is 10.1. The van der Waals surface area contributed by atoms with Crippen LogP contribution in [0.5, 0.6) is 5.75 Å². The predicted molar refractivity (Wildman–Crippen MR) is 133 cm³/mol. The molecular weight excluding hydrogens is 469 g/mol. The number of halogens is 1. The van der Waals surface area contributed by atoms with Gasteiger partial charge in [-0.2, -0.15) is 0 Å². The zero-order chi connectivity index (χ0) is 26.3. The minimum Gasteiger partial charge on any atom is -0.492 e. The van der Waals surface area contributed by atoms with Crippen LogP contribution >= 0.6 is 0 Å². The lowest BCUT2D eigenvalue weighted by Crippen LogP contribution is -2.38. The maximum atomic E-state index is 13.0. The number of hydrogen-bond acceptors (Lipinski definition) is 6. The maximum absolute atomic E-state index is 13.0. The number of rotatable bonds is 16. The van der Waals surface area contributed by atoms with Crippen LogP contribution < -0.4 is 4.74 Å². The van der Waals surface area contributed by atoms with E-state index in [9.17, 15) is 19.1 Å². The third-order valence-corrected chi connectivity index (χ3v) is 5.44. The lowest BCUT2D eigenvalue weighted by Gasteiger charge is -2.24. The number of carboxylic acids is 1. The highest BCUT2D eigenvalue weighted by Gasteiger charge is 2.19. The average molecular weight is 506 g/mol. The van der Waals surface area contributed by atoms with Gasteiger partial charge in [0.05, 0.1) is 19.8 Å². The quantitative estimate of drug-likeness (QED) is 0.331. The molecular formula is C27H36FNO7. The molecule has 1 amide bonds. The molecule has 2 rings (SSSR count). The molecule has 0 saturated heterocycles. The molecule has 1 N–H and O–H groups in total. The molecule has 2 aromatic rings. The van der Waals surface area contributed by atoms with E-state index in [2.05, 4.69) is 0 Å². The van der Waals surface area contributed by atoms with Crippen LogP contribution in [0.2, 0.25) is 0 Å². The molecule has 2 unspecified atom stereocenters. The fraction of sp³-hybridized carbons (Fsp3) is 0.481. The molecule has 0 heterocycles. The number of carbonyl (C=O) groups is 2. The Balaban J connectivity index is 1.85. The summed E-state index contributed by atoms with van der Waals surface area (Å²) in [6.07, 6.45) is -0.576. The summed E-state index contributed by atoms with van der Waals surface area (Å²) in [4.78, 5) is 25.4. The van der Waals surface area contributed by atoms with E-state index >= 15 is 0 Å². The normalized spacial score (nSPS) is 12.6. The number of carboxylic acid groups (broad SMARTS) is 1. The molecule has 36 heavy (non-hydrogen) atoms. The van der Waals surface area contributed by atoms with Gasteiger partial charge < -0.3 is 29.0 Å². The number of benzene rings is 2. The topological polar surface area (TPSA) is 94.5 Å². The van der Waals surface area contributed by atoms with E-state index in [4.69, 9.17) is 18.9 Å². The van der Waals surface area contributed by atoms with Gasteiger partial charge in [-0.3, -0.25) is 0 Å². The van der Waals surface area contributed by atoms with Crippen LogP contribution in [0.15, 0.2) is 48.5 Å². The molecule has 0 aromatic heterocycles. The minimum atomic E-state index is -0.997. The van der Waals surface area contributed by atoms with Crippen LogP contribution in [0.3, 0.4) is 0 Å². The van der Waals surface area contributed by atoms with E-state index in [1.165, 1.54) is 17.0 Å². The van der Waals surface area contributed by atoms with E-state index in [0.717, 1.165) is 11.1 Å². The van der Waals surface area contributed by atoms with Crippen molar-refractivity contribution in [1.29, 1.82) is 0 Å². The molecule has 0 fully saturated rings. The van der Waals surface area contributed by atoms with Crippen LogP contribution in [-0.2, 0) is 32.0 Å². The summed E-state index contributed by atoms with van der Waals surface area (Å²) in [7, 11) is 0. The van der Waals surface area contributed by atoms with Crippen molar-refractivity contribution in [2.75, 3.05) is 32.9 Å². The van der Waals surface area contributed by atoms with E-state index in [-0.39, 0.29) is 31.6 Å². The van der Waals surface area contributed by atoms with Crippen molar-refractivity contribution in [3.8, 4) is 5.75 Å². The van der Waals surface area contributed by atoms with Gasteiger partial charge in [-0.25, -0.2) is 14.0 Å². The Morgan fingerprint density at radius 1 is 0.972 bits per heavy atom. The highest BCUT2D eigenvalue weighted by Crippen LogP contribution is 2.15. The van der Waals surface area contributed by atoms with Crippen LogP contribution in [0, 0.1) is 5.82 Å². The average Bonchev–Trinajstić information content (AvgIpc) is 2.86. The molecule has 8 nitrogen and oxygen atoms in total. The number of nitrogens with zero attached hydrogens (tertiary/aromatic N) is 1. The SMILES string of the molecule is CCOC(Cc1ccc(OCCN(CCOCc2ccc(F)cc2)C(=O)OC(C)CC)cc1)C(=O)O. The van der Waals surface area contributed by atoms with Gasteiger partial charge in [-0.1, -0.05) is 31.2 Å². The first-order valence-corrected chi connectivity index (χ1v) is 12.2. The van der Waals surface area contributed by atoms with Crippen molar-refractivity contribution < 1.29 is 38.0 Å². The first-order chi connectivity index (χ1) is 17.3. The molecule has 0 aliphatic carbocycles. The standard InChI is InChI=1S/C27H36FNO7/c1-4-20(3)36-27(32)29(14-16-33-19-22-6-10-23(28)11-7-22)15-17-35-24-12-8-21(9-13-24)18-25(26(30)31)34-5-2/h6-13,20,25H,4-5,14-19H2,1-3H3,(H,30,31). The summed E-state index contributed by atoms with van der Waals surface area (Å²) >= 11 is 0. The van der Waals surface area contributed by atoms with Crippen molar-refractivity contribution in [3.63, 3.8) is 0 Å². The molecule has 0 aliphatic heterocycles. The molecule has 0 spiro atoms. The van der Waals surface area contributed by atoms with Crippen LogP contribution in [0.1, 0.15) is 38.3 Å². The Labute approximate surface area is 211 Å². The van der Waals surface area contributed by atoms with Crippen molar-refractivity contribution in [2.24, 2.45) is 0 Å². The molecule has 0 saturated carbocycles. The number of carbonyl (C=O) groups excluding carboxylic acids is 1. The molecule has 0 aliphatic rings. The predicted octanol–water partition coefficient (Wildman–Crippen LogP) is 4.69. The molecule has 9 heteroatoms. The van der Waals surface area contributed by atoms with E-state index in [1.807, 2.05) is 13.8 Å². The fourth-order valence-electron chi connectivity index (χ4n) is 3.20. The Morgan fingerprint density at radius 3 is 2.22 bits per heavy atom. The second-order valence-electron chi connectivity index (χ2n) is 8.25. The Morgan fingerprint density at radius 2 is 1.61 bits per heavy atom. The monoisotopic (exact) mass is 505 g/mol. The van der Waals surface area contributed by atoms with Crippen LogP contribution in [0.25, 0.3) is 0 Å². The van der Waals surface area contributed by atoms with Crippen LogP contribution in [-0.4, -0.2) is 67.2 Å². The molecule has 198 valence electrons. The van der Waals surface area contributed by atoms with Crippen molar-refractivity contribution in [3.05, 3.63) is 65.5 Å². The first-order valence-electron chi connectivity index (χ1n) is 12.2. The number of ether oxygens (including phenoxy) is 4. The van der Waals surface area contributed by atoms with Crippen molar-refractivity contribution in [2.45, 2.75) is 52.4 Å². The maximum Gasteiger partial charge on any atom is 0.410 e. The summed E-state index contributed by atoms with van der Waals surface area (Å²) in [5.41, 5.74) is 1.66. The van der Waals surface area contributed by atoms with Gasteiger partial charge in [0.1, 0.15) is 24.3 Å². The van der Waals surface area contributed by atoms with Crippen molar-refractivity contribution >= 4 is 12.1 Å². The number of amides is 1. The second-order valence-corrected chi connectivity index (χ2v) is 8.25. The van der Waals surface area contributed by atoms with E-state index in [0.29, 0.717) is 38.5 Å². The third kappa shape index (κ3) is 10.6. The second kappa shape index (κ2) is 15.7. The summed E-state index contributed by atoms with van der Waals surface area (Å²) in [5.74, 6) is -0.699. The zero-order valence-corrected chi connectivity index (χ0v) is 21.2. The largest absolute Gasteiger partial charge is 0.492 e.